The molecule has 3 rings (SSSR count). The van der Waals surface area contributed by atoms with Crippen LogP contribution in [0.2, 0.25) is 0 Å². The van der Waals surface area contributed by atoms with E-state index in [1.165, 1.54) is 18.3 Å². The number of halogens is 3. The number of amides is 1. The first-order valence-corrected chi connectivity index (χ1v) is 7.70. The highest BCUT2D eigenvalue weighted by atomic mass is 19.4. The lowest BCUT2D eigenvalue weighted by atomic mass is 10.1. The minimum absolute atomic E-state index is 0.0561. The van der Waals surface area contributed by atoms with Crippen molar-refractivity contribution < 1.29 is 27.4 Å². The van der Waals surface area contributed by atoms with Crippen molar-refractivity contribution in [3.05, 3.63) is 42.2 Å². The average Bonchev–Trinajstić information content (AvgIpc) is 3.03. The molecule has 0 bridgehead atoms. The van der Waals surface area contributed by atoms with Crippen LogP contribution >= 0.6 is 0 Å². The minimum atomic E-state index is -4.81. The molecular weight excluding hydrogens is 339 g/mol. The zero-order valence-corrected chi connectivity index (χ0v) is 13.1. The van der Waals surface area contributed by atoms with E-state index in [4.69, 9.17) is 4.74 Å². The van der Waals surface area contributed by atoms with Crippen molar-refractivity contribution in [2.24, 2.45) is 0 Å². The highest BCUT2D eigenvalue weighted by Crippen LogP contribution is 2.24. The number of anilines is 1. The Labute approximate surface area is 141 Å². The summed E-state index contributed by atoms with van der Waals surface area (Å²) < 4.78 is 47.6. The van der Waals surface area contributed by atoms with Gasteiger partial charge in [0.2, 0.25) is 0 Å². The van der Waals surface area contributed by atoms with Crippen molar-refractivity contribution in [2.45, 2.75) is 25.2 Å². The van der Waals surface area contributed by atoms with E-state index in [0.717, 1.165) is 25.0 Å². The molecule has 9 heteroatoms. The molecule has 0 atom stereocenters. The highest BCUT2D eigenvalue weighted by molar-refractivity contribution is 6.04. The lowest BCUT2D eigenvalue weighted by Crippen LogP contribution is -2.20. The van der Waals surface area contributed by atoms with Crippen molar-refractivity contribution in [2.75, 3.05) is 18.5 Å². The molecule has 2 aromatic rings. The van der Waals surface area contributed by atoms with Crippen LogP contribution in [-0.2, 0) is 4.74 Å². The molecule has 1 amide bonds. The maximum atomic E-state index is 12.3. The molecule has 1 aliphatic rings. The average molecular weight is 355 g/mol. The summed E-state index contributed by atoms with van der Waals surface area (Å²) in [7, 11) is 0. The predicted molar refractivity (Wildman–Crippen MR) is 82.4 cm³/mol. The van der Waals surface area contributed by atoms with Gasteiger partial charge >= 0.3 is 6.36 Å². The zero-order chi connectivity index (χ0) is 17.9. The zero-order valence-electron chi connectivity index (χ0n) is 13.1. The largest absolute Gasteiger partial charge is 0.573 e. The summed E-state index contributed by atoms with van der Waals surface area (Å²) in [6.07, 6.45) is 0.0745. The Hall–Kier alpha value is -2.55. The molecule has 0 unspecified atom stereocenters. The van der Waals surface area contributed by atoms with Crippen LogP contribution in [0.3, 0.4) is 0 Å². The summed E-state index contributed by atoms with van der Waals surface area (Å²) in [5.74, 6) is -0.989. The van der Waals surface area contributed by atoms with Crippen LogP contribution in [0.15, 0.2) is 36.7 Å². The molecule has 134 valence electrons. The summed E-state index contributed by atoms with van der Waals surface area (Å²) in [5, 5.41) is 6.84. The van der Waals surface area contributed by atoms with Crippen molar-refractivity contribution in [1.29, 1.82) is 0 Å². The maximum Gasteiger partial charge on any atom is 0.573 e. The number of carbonyl (C=O) groups excluding carboxylic acids is 1. The number of hydrogen-bond donors (Lipinski definition) is 1. The first-order valence-electron chi connectivity index (χ1n) is 7.70. The van der Waals surface area contributed by atoms with Crippen LogP contribution in [0, 0.1) is 0 Å². The van der Waals surface area contributed by atoms with Gasteiger partial charge in [-0.05, 0) is 31.0 Å². The van der Waals surface area contributed by atoms with Gasteiger partial charge in [0, 0.05) is 25.0 Å². The monoisotopic (exact) mass is 355 g/mol. The van der Waals surface area contributed by atoms with Gasteiger partial charge in [-0.15, -0.1) is 13.2 Å². The third-order valence-corrected chi connectivity index (χ3v) is 3.75. The molecular formula is C16H16F3N3O3. The fourth-order valence-electron chi connectivity index (χ4n) is 2.59. The van der Waals surface area contributed by atoms with Crippen molar-refractivity contribution >= 4 is 11.6 Å². The summed E-state index contributed by atoms with van der Waals surface area (Å²) >= 11 is 0. The first kappa shape index (κ1) is 17.3. The van der Waals surface area contributed by atoms with Crippen LogP contribution in [0.25, 0.3) is 0 Å². The van der Waals surface area contributed by atoms with E-state index in [0.29, 0.717) is 18.9 Å². The lowest BCUT2D eigenvalue weighted by molar-refractivity contribution is -0.274. The van der Waals surface area contributed by atoms with Gasteiger partial charge < -0.3 is 14.8 Å². The Kier molecular flexibility index (Phi) is 4.93. The second-order valence-corrected chi connectivity index (χ2v) is 5.58. The van der Waals surface area contributed by atoms with E-state index < -0.39 is 18.0 Å². The third-order valence-electron chi connectivity index (χ3n) is 3.75. The van der Waals surface area contributed by atoms with Crippen LogP contribution < -0.4 is 10.1 Å². The maximum absolute atomic E-state index is 12.3. The predicted octanol–water partition coefficient (Wildman–Crippen LogP) is 3.39. The van der Waals surface area contributed by atoms with Crippen LogP contribution in [0.1, 0.15) is 29.2 Å². The van der Waals surface area contributed by atoms with Gasteiger partial charge in [0.15, 0.2) is 0 Å². The number of nitrogens with one attached hydrogen (secondary N) is 1. The molecule has 1 saturated heterocycles. The number of nitrogens with zero attached hydrogens (tertiary/aromatic N) is 2. The highest BCUT2D eigenvalue weighted by Gasteiger charge is 2.31. The number of benzene rings is 1. The molecule has 1 aliphatic heterocycles. The Morgan fingerprint density at radius 1 is 1.32 bits per heavy atom. The second kappa shape index (κ2) is 7.14. The summed E-state index contributed by atoms with van der Waals surface area (Å²) in [6, 6.07) is 5.10. The number of hydrogen-bond acceptors (Lipinski definition) is 4. The molecule has 0 spiro atoms. The number of ether oxygens (including phenoxy) is 2. The molecule has 25 heavy (non-hydrogen) atoms. The minimum Gasteiger partial charge on any atom is -0.406 e. The first-order chi connectivity index (χ1) is 11.9. The van der Waals surface area contributed by atoms with E-state index in [2.05, 4.69) is 15.2 Å². The van der Waals surface area contributed by atoms with Gasteiger partial charge in [-0.25, -0.2) is 0 Å². The Morgan fingerprint density at radius 3 is 2.80 bits per heavy atom. The van der Waals surface area contributed by atoms with E-state index >= 15 is 0 Å². The van der Waals surface area contributed by atoms with E-state index in [-0.39, 0.29) is 11.6 Å². The van der Waals surface area contributed by atoms with Gasteiger partial charge in [0.25, 0.3) is 5.91 Å². The molecule has 0 radical (unpaired) electrons. The van der Waals surface area contributed by atoms with Crippen LogP contribution in [0.5, 0.6) is 5.75 Å². The standard InChI is InChI=1S/C16H16F3N3O3/c17-16(18,19)25-14-3-1-2-11(8-14)15(23)21-12-9-20-22(10-12)13-4-6-24-7-5-13/h1-3,8-10,13H,4-7H2,(H,21,23). The molecule has 1 aromatic carbocycles. The summed E-state index contributed by atoms with van der Waals surface area (Å²) in [5.41, 5.74) is 0.527. The van der Waals surface area contributed by atoms with Crippen molar-refractivity contribution in [3.8, 4) is 5.75 Å². The molecule has 0 aliphatic carbocycles. The number of carbonyl (C=O) groups is 1. The lowest BCUT2D eigenvalue weighted by Gasteiger charge is -2.22. The quantitative estimate of drug-likeness (QED) is 0.913. The van der Waals surface area contributed by atoms with Gasteiger partial charge in [-0.2, -0.15) is 5.10 Å². The normalized spacial score (nSPS) is 15.8. The van der Waals surface area contributed by atoms with Gasteiger partial charge in [-0.3, -0.25) is 9.48 Å². The molecule has 0 saturated carbocycles. The third kappa shape index (κ3) is 4.72. The molecule has 6 nitrogen and oxygen atoms in total. The molecule has 1 N–H and O–H groups in total. The summed E-state index contributed by atoms with van der Waals surface area (Å²) in [6.45, 7) is 1.33. The van der Waals surface area contributed by atoms with Gasteiger partial charge in [-0.1, -0.05) is 6.07 Å². The molecule has 1 fully saturated rings. The fraction of sp³-hybridized carbons (Fsp3) is 0.375. The van der Waals surface area contributed by atoms with Crippen molar-refractivity contribution in [1.82, 2.24) is 9.78 Å². The molecule has 2 heterocycles. The van der Waals surface area contributed by atoms with Gasteiger partial charge in [0.1, 0.15) is 5.75 Å². The van der Waals surface area contributed by atoms with E-state index in [1.54, 1.807) is 10.9 Å². The number of alkyl halides is 3. The number of rotatable bonds is 4. The van der Waals surface area contributed by atoms with Crippen LogP contribution in [0.4, 0.5) is 18.9 Å². The Bertz CT molecular complexity index is 739. The van der Waals surface area contributed by atoms with Gasteiger partial charge in [0.05, 0.1) is 17.9 Å². The summed E-state index contributed by atoms with van der Waals surface area (Å²) in [4.78, 5) is 12.2. The second-order valence-electron chi connectivity index (χ2n) is 5.58. The Morgan fingerprint density at radius 2 is 2.08 bits per heavy atom. The SMILES string of the molecule is O=C(Nc1cnn(C2CCOCC2)c1)c1cccc(OC(F)(F)F)c1. The van der Waals surface area contributed by atoms with E-state index in [1.807, 2.05) is 0 Å². The number of aromatic nitrogens is 2. The Balaban J connectivity index is 1.66. The molecule has 1 aromatic heterocycles. The smallest absolute Gasteiger partial charge is 0.406 e. The fourth-order valence-corrected chi connectivity index (χ4v) is 2.59. The topological polar surface area (TPSA) is 65.4 Å². The van der Waals surface area contributed by atoms with Crippen molar-refractivity contribution in [3.63, 3.8) is 0 Å². The van der Waals surface area contributed by atoms with Crippen LogP contribution in [-0.4, -0.2) is 35.3 Å². The van der Waals surface area contributed by atoms with E-state index in [9.17, 15) is 18.0 Å².